The van der Waals surface area contributed by atoms with E-state index in [0.717, 1.165) is 51.0 Å². The first kappa shape index (κ1) is 20.7. The number of amides is 2. The Morgan fingerprint density at radius 3 is 2.68 bits per heavy atom. The summed E-state index contributed by atoms with van der Waals surface area (Å²) in [6.07, 6.45) is 4.07. The molecule has 7 nitrogen and oxygen atoms in total. The summed E-state index contributed by atoms with van der Waals surface area (Å²) >= 11 is 6.03. The molecule has 154 valence electrons. The van der Waals surface area contributed by atoms with Crippen LogP contribution >= 0.6 is 11.6 Å². The van der Waals surface area contributed by atoms with Crippen LogP contribution in [0.5, 0.6) is 5.75 Å². The van der Waals surface area contributed by atoms with Crippen LogP contribution in [-0.2, 0) is 9.59 Å². The van der Waals surface area contributed by atoms with Crippen LogP contribution in [0, 0.1) is 0 Å². The summed E-state index contributed by atoms with van der Waals surface area (Å²) in [6, 6.07) is 5.57. The number of anilines is 1. The molecule has 0 saturated carbocycles. The lowest BCUT2D eigenvalue weighted by molar-refractivity contribution is -0.133. The lowest BCUT2D eigenvalue weighted by Crippen LogP contribution is -2.51. The standard InChI is InChI=1S/C20H29ClN4O3/c1-28-18-5-4-14(21)13-16(18)23-9-6-19(26)24-11-7-15(8-12-24)25-10-2-3-17(25)20(22)27/h4-5,13,15,17,23H,2-3,6-12H2,1H3,(H2,22,27). The number of nitrogens with two attached hydrogens (primary N) is 1. The Labute approximate surface area is 171 Å². The molecule has 1 aromatic carbocycles. The van der Waals surface area contributed by atoms with Crippen molar-refractivity contribution in [2.45, 2.75) is 44.2 Å². The van der Waals surface area contributed by atoms with Gasteiger partial charge < -0.3 is 20.7 Å². The van der Waals surface area contributed by atoms with E-state index in [2.05, 4.69) is 10.2 Å². The molecule has 3 N–H and O–H groups in total. The van der Waals surface area contributed by atoms with Gasteiger partial charge >= 0.3 is 0 Å². The van der Waals surface area contributed by atoms with Crippen molar-refractivity contribution in [1.82, 2.24) is 9.80 Å². The Morgan fingerprint density at radius 2 is 2.00 bits per heavy atom. The molecule has 28 heavy (non-hydrogen) atoms. The number of hydrogen-bond donors (Lipinski definition) is 2. The number of piperidine rings is 1. The molecule has 0 radical (unpaired) electrons. The van der Waals surface area contributed by atoms with Crippen LogP contribution < -0.4 is 15.8 Å². The van der Waals surface area contributed by atoms with Crippen molar-refractivity contribution in [2.24, 2.45) is 5.73 Å². The highest BCUT2D eigenvalue weighted by Gasteiger charge is 2.36. The van der Waals surface area contributed by atoms with Gasteiger partial charge in [0.1, 0.15) is 5.75 Å². The van der Waals surface area contributed by atoms with Crippen LogP contribution in [0.15, 0.2) is 18.2 Å². The highest BCUT2D eigenvalue weighted by atomic mass is 35.5. The predicted molar refractivity (Wildman–Crippen MR) is 110 cm³/mol. The van der Waals surface area contributed by atoms with Crippen LogP contribution in [0.1, 0.15) is 32.1 Å². The molecule has 3 rings (SSSR count). The van der Waals surface area contributed by atoms with Gasteiger partial charge in [0, 0.05) is 37.1 Å². The number of nitrogens with zero attached hydrogens (tertiary/aromatic N) is 2. The third kappa shape index (κ3) is 4.89. The molecule has 1 aromatic rings. The van der Waals surface area contributed by atoms with Crippen LogP contribution in [0.4, 0.5) is 5.69 Å². The zero-order valence-electron chi connectivity index (χ0n) is 16.3. The smallest absolute Gasteiger partial charge is 0.234 e. The van der Waals surface area contributed by atoms with E-state index in [0.29, 0.717) is 29.8 Å². The Balaban J connectivity index is 1.44. The highest BCUT2D eigenvalue weighted by molar-refractivity contribution is 6.30. The summed E-state index contributed by atoms with van der Waals surface area (Å²) < 4.78 is 5.31. The second kappa shape index (κ2) is 9.47. The van der Waals surface area contributed by atoms with Gasteiger partial charge in [0.15, 0.2) is 0 Å². The molecule has 2 aliphatic rings. The number of hydrogen-bond acceptors (Lipinski definition) is 5. The third-order valence-electron chi connectivity index (χ3n) is 5.72. The van der Waals surface area contributed by atoms with Gasteiger partial charge in [-0.15, -0.1) is 0 Å². The maximum Gasteiger partial charge on any atom is 0.234 e. The maximum absolute atomic E-state index is 12.6. The summed E-state index contributed by atoms with van der Waals surface area (Å²) in [6.45, 7) is 2.90. The number of rotatable bonds is 7. The summed E-state index contributed by atoms with van der Waals surface area (Å²) in [5.74, 6) is 0.616. The van der Waals surface area contributed by atoms with E-state index in [9.17, 15) is 9.59 Å². The Morgan fingerprint density at radius 1 is 1.25 bits per heavy atom. The second-order valence-electron chi connectivity index (χ2n) is 7.43. The van der Waals surface area contributed by atoms with E-state index in [1.165, 1.54) is 0 Å². The third-order valence-corrected chi connectivity index (χ3v) is 5.96. The van der Waals surface area contributed by atoms with Crippen LogP contribution in [0.25, 0.3) is 0 Å². The maximum atomic E-state index is 12.6. The number of nitrogens with one attached hydrogen (secondary N) is 1. The molecule has 2 heterocycles. The van der Waals surface area contributed by atoms with E-state index < -0.39 is 0 Å². The zero-order chi connectivity index (χ0) is 20.1. The summed E-state index contributed by atoms with van der Waals surface area (Å²) in [5, 5.41) is 3.85. The number of likely N-dealkylation sites (tertiary alicyclic amines) is 2. The van der Waals surface area contributed by atoms with Gasteiger partial charge in [0.05, 0.1) is 18.8 Å². The molecule has 2 saturated heterocycles. The van der Waals surface area contributed by atoms with Crippen molar-refractivity contribution < 1.29 is 14.3 Å². The Bertz CT molecular complexity index is 707. The van der Waals surface area contributed by atoms with Gasteiger partial charge in [-0.3, -0.25) is 14.5 Å². The number of benzene rings is 1. The Kier molecular flexibility index (Phi) is 7.02. The molecule has 0 bridgehead atoms. The minimum absolute atomic E-state index is 0.135. The molecule has 0 spiro atoms. The first-order valence-electron chi connectivity index (χ1n) is 9.90. The lowest BCUT2D eigenvalue weighted by Gasteiger charge is -2.38. The fourth-order valence-corrected chi connectivity index (χ4v) is 4.43. The van der Waals surface area contributed by atoms with Crippen molar-refractivity contribution in [3.8, 4) is 5.75 Å². The quantitative estimate of drug-likeness (QED) is 0.721. The van der Waals surface area contributed by atoms with Gasteiger partial charge in [-0.1, -0.05) is 11.6 Å². The molecule has 2 aliphatic heterocycles. The number of ether oxygens (including phenoxy) is 1. The molecule has 0 aromatic heterocycles. The molecule has 0 aliphatic carbocycles. The first-order valence-corrected chi connectivity index (χ1v) is 10.3. The number of carbonyl (C=O) groups excluding carboxylic acids is 2. The largest absolute Gasteiger partial charge is 0.495 e. The van der Waals surface area contributed by atoms with E-state index in [4.69, 9.17) is 22.1 Å². The molecule has 2 amide bonds. The van der Waals surface area contributed by atoms with E-state index in [1.54, 1.807) is 25.3 Å². The van der Waals surface area contributed by atoms with Crippen molar-refractivity contribution in [3.05, 3.63) is 23.2 Å². The lowest BCUT2D eigenvalue weighted by atomic mass is 10.0. The number of carbonyl (C=O) groups is 2. The van der Waals surface area contributed by atoms with Crippen molar-refractivity contribution in [1.29, 1.82) is 0 Å². The predicted octanol–water partition coefficient (Wildman–Crippen LogP) is 2.09. The minimum atomic E-state index is -0.224. The van der Waals surface area contributed by atoms with Gasteiger partial charge in [0.25, 0.3) is 0 Å². The van der Waals surface area contributed by atoms with Crippen LogP contribution in [0.2, 0.25) is 5.02 Å². The van der Waals surface area contributed by atoms with E-state index in [1.807, 2.05) is 4.90 Å². The van der Waals surface area contributed by atoms with Crippen molar-refractivity contribution in [2.75, 3.05) is 38.6 Å². The first-order chi connectivity index (χ1) is 13.5. The molecule has 2 fully saturated rings. The van der Waals surface area contributed by atoms with Gasteiger partial charge in [0.2, 0.25) is 11.8 Å². The topological polar surface area (TPSA) is 87.9 Å². The molecule has 8 heteroatoms. The fourth-order valence-electron chi connectivity index (χ4n) is 4.26. The van der Waals surface area contributed by atoms with Gasteiger partial charge in [-0.2, -0.15) is 0 Å². The second-order valence-corrected chi connectivity index (χ2v) is 7.87. The fraction of sp³-hybridized carbons (Fsp3) is 0.600. The average molecular weight is 409 g/mol. The Hall–Kier alpha value is -1.99. The monoisotopic (exact) mass is 408 g/mol. The number of halogens is 1. The minimum Gasteiger partial charge on any atom is -0.495 e. The SMILES string of the molecule is COc1ccc(Cl)cc1NCCC(=O)N1CCC(N2CCCC2C(N)=O)CC1. The van der Waals surface area contributed by atoms with Crippen LogP contribution in [-0.4, -0.2) is 67.0 Å². The summed E-state index contributed by atoms with van der Waals surface area (Å²) in [7, 11) is 1.60. The number of primary amides is 1. The zero-order valence-corrected chi connectivity index (χ0v) is 17.1. The van der Waals surface area contributed by atoms with E-state index >= 15 is 0 Å². The average Bonchev–Trinajstić information content (AvgIpc) is 3.18. The molecule has 1 unspecified atom stereocenters. The van der Waals surface area contributed by atoms with Crippen molar-refractivity contribution >= 4 is 29.1 Å². The summed E-state index contributed by atoms with van der Waals surface area (Å²) in [5.41, 5.74) is 6.32. The van der Waals surface area contributed by atoms with Crippen molar-refractivity contribution in [3.63, 3.8) is 0 Å². The van der Waals surface area contributed by atoms with E-state index in [-0.39, 0.29) is 17.9 Å². The molecular weight excluding hydrogens is 380 g/mol. The molecule has 1 atom stereocenters. The number of methoxy groups -OCH3 is 1. The normalized spacial score (nSPS) is 20.9. The summed E-state index contributed by atoms with van der Waals surface area (Å²) in [4.78, 5) is 28.3. The van der Waals surface area contributed by atoms with Gasteiger partial charge in [-0.25, -0.2) is 0 Å². The highest BCUT2D eigenvalue weighted by Crippen LogP contribution is 2.28. The van der Waals surface area contributed by atoms with Gasteiger partial charge in [-0.05, 0) is 50.4 Å². The molecular formula is C20H29ClN4O3. The van der Waals surface area contributed by atoms with Crippen LogP contribution in [0.3, 0.4) is 0 Å².